The molecule has 3 rings (SSSR count). The second-order valence-corrected chi connectivity index (χ2v) is 7.18. The molecular formula is C27H23NO4. The SMILES string of the molecule is C=CC(=O)C(C#N)CCCOc1ccc(C(=O)O)c(-c2ccccc2)c1-c1ccccc1. The Hall–Kier alpha value is -4.17. The van der Waals surface area contributed by atoms with Gasteiger partial charge in [-0.05, 0) is 42.2 Å². The van der Waals surface area contributed by atoms with E-state index in [-0.39, 0.29) is 18.0 Å². The zero-order valence-electron chi connectivity index (χ0n) is 17.5. The first-order valence-electron chi connectivity index (χ1n) is 10.3. The third kappa shape index (κ3) is 5.11. The molecule has 160 valence electrons. The van der Waals surface area contributed by atoms with Gasteiger partial charge in [-0.1, -0.05) is 67.2 Å². The summed E-state index contributed by atoms with van der Waals surface area (Å²) in [4.78, 5) is 23.8. The van der Waals surface area contributed by atoms with Crippen LogP contribution in [0.4, 0.5) is 0 Å². The topological polar surface area (TPSA) is 87.4 Å². The Kier molecular flexibility index (Phi) is 7.55. The fourth-order valence-corrected chi connectivity index (χ4v) is 3.56. The molecule has 0 aliphatic heterocycles. The maximum absolute atomic E-state index is 12.0. The maximum atomic E-state index is 12.0. The van der Waals surface area contributed by atoms with Gasteiger partial charge < -0.3 is 9.84 Å². The third-order valence-electron chi connectivity index (χ3n) is 5.12. The molecule has 0 radical (unpaired) electrons. The molecule has 0 heterocycles. The first kappa shape index (κ1) is 22.5. The number of ether oxygens (including phenoxy) is 1. The minimum absolute atomic E-state index is 0.184. The van der Waals surface area contributed by atoms with Gasteiger partial charge in [0.1, 0.15) is 11.7 Å². The molecule has 0 aromatic heterocycles. The lowest BCUT2D eigenvalue weighted by Gasteiger charge is -2.19. The number of nitrogens with zero attached hydrogens (tertiary/aromatic N) is 1. The lowest BCUT2D eigenvalue weighted by molar-refractivity contribution is -0.116. The fourth-order valence-electron chi connectivity index (χ4n) is 3.56. The molecule has 0 bridgehead atoms. The molecule has 1 atom stereocenters. The van der Waals surface area contributed by atoms with Gasteiger partial charge in [-0.2, -0.15) is 5.26 Å². The smallest absolute Gasteiger partial charge is 0.336 e. The Morgan fingerprint density at radius 3 is 2.09 bits per heavy atom. The summed E-state index contributed by atoms with van der Waals surface area (Å²) in [5.74, 6) is -1.51. The van der Waals surface area contributed by atoms with Crippen molar-refractivity contribution in [2.24, 2.45) is 5.92 Å². The molecule has 3 aromatic carbocycles. The molecule has 0 amide bonds. The number of hydrogen-bond acceptors (Lipinski definition) is 4. The largest absolute Gasteiger partial charge is 0.493 e. The maximum Gasteiger partial charge on any atom is 0.336 e. The van der Waals surface area contributed by atoms with Gasteiger partial charge in [-0.3, -0.25) is 4.79 Å². The van der Waals surface area contributed by atoms with Crippen LogP contribution in [0.15, 0.2) is 85.5 Å². The van der Waals surface area contributed by atoms with Crippen molar-refractivity contribution in [2.75, 3.05) is 6.61 Å². The predicted octanol–water partition coefficient (Wildman–Crippen LogP) is 5.77. The van der Waals surface area contributed by atoms with Gasteiger partial charge in [0.05, 0.1) is 18.2 Å². The number of allylic oxidation sites excluding steroid dienone is 1. The summed E-state index contributed by atoms with van der Waals surface area (Å²) < 4.78 is 6.06. The van der Waals surface area contributed by atoms with Crippen LogP contribution >= 0.6 is 0 Å². The molecule has 1 N–H and O–H groups in total. The summed E-state index contributed by atoms with van der Waals surface area (Å²) in [6, 6.07) is 24.0. The van der Waals surface area contributed by atoms with E-state index in [0.717, 1.165) is 11.1 Å². The van der Waals surface area contributed by atoms with Crippen molar-refractivity contribution < 1.29 is 19.4 Å². The third-order valence-corrected chi connectivity index (χ3v) is 5.12. The average molecular weight is 425 g/mol. The van der Waals surface area contributed by atoms with Crippen molar-refractivity contribution in [3.63, 3.8) is 0 Å². The van der Waals surface area contributed by atoms with Crippen molar-refractivity contribution >= 4 is 11.8 Å². The number of rotatable bonds is 10. The molecule has 5 heteroatoms. The van der Waals surface area contributed by atoms with E-state index in [2.05, 4.69) is 6.58 Å². The number of nitriles is 1. The quantitative estimate of drug-likeness (QED) is 0.329. The van der Waals surface area contributed by atoms with E-state index >= 15 is 0 Å². The molecule has 0 aliphatic rings. The molecule has 0 saturated carbocycles. The number of benzene rings is 3. The molecule has 0 fully saturated rings. The fraction of sp³-hybridized carbons (Fsp3) is 0.148. The van der Waals surface area contributed by atoms with E-state index in [1.165, 1.54) is 6.08 Å². The lowest BCUT2D eigenvalue weighted by Crippen LogP contribution is -2.11. The Labute approximate surface area is 187 Å². The number of carbonyl (C=O) groups is 2. The van der Waals surface area contributed by atoms with Crippen LogP contribution in [0, 0.1) is 17.2 Å². The average Bonchev–Trinajstić information content (AvgIpc) is 2.84. The number of ketones is 1. The van der Waals surface area contributed by atoms with Gasteiger partial charge in [0.25, 0.3) is 0 Å². The normalized spacial score (nSPS) is 11.2. The van der Waals surface area contributed by atoms with Gasteiger partial charge in [0.15, 0.2) is 5.78 Å². The molecule has 3 aromatic rings. The van der Waals surface area contributed by atoms with Crippen LogP contribution in [-0.4, -0.2) is 23.5 Å². The van der Waals surface area contributed by atoms with E-state index in [0.29, 0.717) is 29.7 Å². The molecule has 0 spiro atoms. The van der Waals surface area contributed by atoms with E-state index in [1.807, 2.05) is 66.7 Å². The van der Waals surface area contributed by atoms with Gasteiger partial charge in [-0.15, -0.1) is 0 Å². The van der Waals surface area contributed by atoms with Gasteiger partial charge in [-0.25, -0.2) is 4.79 Å². The first-order valence-corrected chi connectivity index (χ1v) is 10.3. The number of carboxylic acids is 1. The molecule has 1 unspecified atom stereocenters. The van der Waals surface area contributed by atoms with E-state index < -0.39 is 11.9 Å². The minimum Gasteiger partial charge on any atom is -0.493 e. The zero-order chi connectivity index (χ0) is 22.9. The van der Waals surface area contributed by atoms with Crippen molar-refractivity contribution in [1.29, 1.82) is 5.26 Å². The second kappa shape index (κ2) is 10.7. The zero-order valence-corrected chi connectivity index (χ0v) is 17.5. The molecule has 5 nitrogen and oxygen atoms in total. The Balaban J connectivity index is 2.00. The van der Waals surface area contributed by atoms with Crippen LogP contribution in [0.2, 0.25) is 0 Å². The van der Waals surface area contributed by atoms with Gasteiger partial charge in [0.2, 0.25) is 0 Å². The molecule has 0 saturated heterocycles. The Morgan fingerprint density at radius 1 is 0.969 bits per heavy atom. The van der Waals surface area contributed by atoms with Crippen LogP contribution in [-0.2, 0) is 4.79 Å². The highest BCUT2D eigenvalue weighted by Crippen LogP contribution is 2.41. The lowest BCUT2D eigenvalue weighted by atomic mass is 9.89. The van der Waals surface area contributed by atoms with E-state index in [4.69, 9.17) is 10.00 Å². The first-order chi connectivity index (χ1) is 15.6. The van der Waals surface area contributed by atoms with Crippen molar-refractivity contribution in [3.8, 4) is 34.1 Å². The van der Waals surface area contributed by atoms with Crippen LogP contribution in [0.5, 0.6) is 5.75 Å². The van der Waals surface area contributed by atoms with Crippen molar-refractivity contribution in [1.82, 2.24) is 0 Å². The van der Waals surface area contributed by atoms with Gasteiger partial charge in [0, 0.05) is 11.1 Å². The standard InChI is InChI=1S/C27H23NO4/c1-2-23(29)21(18-28)14-9-17-32-24-16-15-22(27(30)31)25(19-10-5-3-6-11-19)26(24)20-12-7-4-8-13-20/h2-8,10-13,15-16,21H,1,9,14,17H2,(H,30,31). The van der Waals surface area contributed by atoms with Crippen LogP contribution in [0.1, 0.15) is 23.2 Å². The highest BCUT2D eigenvalue weighted by molar-refractivity contribution is 6.03. The summed E-state index contributed by atoms with van der Waals surface area (Å²) in [6.45, 7) is 3.71. The number of carboxylic acid groups (broad SMARTS) is 1. The highest BCUT2D eigenvalue weighted by Gasteiger charge is 2.21. The minimum atomic E-state index is -1.02. The number of carbonyl (C=O) groups excluding carboxylic acids is 1. The molecular weight excluding hydrogens is 402 g/mol. The van der Waals surface area contributed by atoms with Crippen LogP contribution in [0.25, 0.3) is 22.3 Å². The summed E-state index contributed by atoms with van der Waals surface area (Å²) in [7, 11) is 0. The number of hydrogen-bond donors (Lipinski definition) is 1. The Bertz CT molecular complexity index is 1150. The van der Waals surface area contributed by atoms with Crippen molar-refractivity contribution in [3.05, 3.63) is 91.0 Å². The number of aromatic carboxylic acids is 1. The molecule has 0 aliphatic carbocycles. The summed E-state index contributed by atoms with van der Waals surface area (Å²) in [5, 5.41) is 19.0. The van der Waals surface area contributed by atoms with Gasteiger partial charge >= 0.3 is 5.97 Å². The van der Waals surface area contributed by atoms with Crippen molar-refractivity contribution in [2.45, 2.75) is 12.8 Å². The monoisotopic (exact) mass is 425 g/mol. The highest BCUT2D eigenvalue weighted by atomic mass is 16.5. The van der Waals surface area contributed by atoms with Crippen LogP contribution < -0.4 is 4.74 Å². The van der Waals surface area contributed by atoms with E-state index in [1.54, 1.807) is 12.1 Å². The van der Waals surface area contributed by atoms with Crippen LogP contribution in [0.3, 0.4) is 0 Å². The summed E-state index contributed by atoms with van der Waals surface area (Å²) in [5.41, 5.74) is 3.06. The van der Waals surface area contributed by atoms with E-state index in [9.17, 15) is 14.7 Å². The molecule has 32 heavy (non-hydrogen) atoms. The summed E-state index contributed by atoms with van der Waals surface area (Å²) >= 11 is 0. The summed E-state index contributed by atoms with van der Waals surface area (Å²) in [6.07, 6.45) is 2.02. The Morgan fingerprint density at radius 2 is 1.56 bits per heavy atom. The predicted molar refractivity (Wildman–Crippen MR) is 123 cm³/mol. The second-order valence-electron chi connectivity index (χ2n) is 7.18.